The van der Waals surface area contributed by atoms with Gasteiger partial charge in [-0.3, -0.25) is 0 Å². The van der Waals surface area contributed by atoms with Crippen LogP contribution in [0.15, 0.2) is 20.0 Å². The average Bonchev–Trinajstić information content (AvgIpc) is 2.71. The first kappa shape index (κ1) is 39.8. The first-order chi connectivity index (χ1) is 20.3. The zero-order valence-corrected chi connectivity index (χ0v) is 20.5. The van der Waals surface area contributed by atoms with Gasteiger partial charge in [-0.2, -0.15) is 105 Å². The van der Waals surface area contributed by atoms with Gasteiger partial charge in [-0.25, -0.2) is 20.0 Å². The lowest BCUT2D eigenvalue weighted by Gasteiger charge is -2.37. The molecule has 0 saturated carbocycles. The fourth-order valence-corrected chi connectivity index (χ4v) is 3.35. The van der Waals surface area contributed by atoms with Gasteiger partial charge in [0.05, 0.1) is 0 Å². The van der Waals surface area contributed by atoms with Crippen LogP contribution in [0.3, 0.4) is 0 Å². The van der Waals surface area contributed by atoms with E-state index in [1.54, 1.807) is 0 Å². The van der Waals surface area contributed by atoms with Crippen molar-refractivity contribution < 1.29 is 115 Å². The third-order valence-corrected chi connectivity index (χ3v) is 5.25. The van der Waals surface area contributed by atoms with Crippen molar-refractivity contribution in [2.75, 3.05) is 0 Å². The van der Waals surface area contributed by atoms with Gasteiger partial charge in [-0.1, -0.05) is 0 Å². The minimum atomic E-state index is -7.31. The maximum atomic E-state index is 13.6. The van der Waals surface area contributed by atoms with Crippen molar-refractivity contribution in [1.29, 1.82) is 0 Å². The lowest BCUT2D eigenvalue weighted by atomic mass is 10.0. The fourth-order valence-electron chi connectivity index (χ4n) is 3.35. The molecule has 47 heavy (non-hydrogen) atoms. The minimum Gasteiger partial charge on any atom is -0.428 e. The second-order valence-corrected chi connectivity index (χ2v) is 8.66. The van der Waals surface area contributed by atoms with Gasteiger partial charge in [-0.15, -0.1) is 0 Å². The SMILES string of the molecule is FC(F)(F)C(C1=NC(C(F)(F)F)(C(F)(F)F)N=C(CC2=NC(C(F)(F)F)(C(F)(F)F)N=C(C(C(F)(F)F)C(F)(F)F)O2)O1)C(F)(F)F. The molecule has 0 aromatic heterocycles. The van der Waals surface area contributed by atoms with Crippen molar-refractivity contribution in [2.24, 2.45) is 31.8 Å². The van der Waals surface area contributed by atoms with E-state index in [2.05, 4.69) is 9.47 Å². The quantitative estimate of drug-likeness (QED) is 0.272. The van der Waals surface area contributed by atoms with E-state index in [9.17, 15) is 105 Å². The Kier molecular flexibility index (Phi) is 9.37. The number of halogens is 24. The summed E-state index contributed by atoms with van der Waals surface area (Å²) in [5, 5.41) is 0. The molecule has 6 nitrogen and oxygen atoms in total. The lowest BCUT2D eigenvalue weighted by molar-refractivity contribution is -0.296. The van der Waals surface area contributed by atoms with Gasteiger partial charge in [0.2, 0.25) is 35.4 Å². The van der Waals surface area contributed by atoms with Crippen LogP contribution in [-0.2, 0) is 9.47 Å². The molecule has 0 bridgehead atoms. The molecule has 0 N–H and O–H groups in total. The Morgan fingerprint density at radius 1 is 0.383 bits per heavy atom. The third-order valence-electron chi connectivity index (χ3n) is 5.25. The Balaban J connectivity index is 2.99. The van der Waals surface area contributed by atoms with Crippen LogP contribution in [0, 0.1) is 11.8 Å². The summed E-state index contributed by atoms with van der Waals surface area (Å²) in [7, 11) is 0. The van der Waals surface area contributed by atoms with Crippen LogP contribution in [0.5, 0.6) is 0 Å². The van der Waals surface area contributed by atoms with Crippen LogP contribution < -0.4 is 0 Å². The van der Waals surface area contributed by atoms with Crippen LogP contribution in [0.4, 0.5) is 105 Å². The van der Waals surface area contributed by atoms with Crippen LogP contribution >= 0.6 is 0 Å². The molecular formula is C17H4F24N4O2. The van der Waals surface area contributed by atoms with Crippen molar-refractivity contribution in [1.82, 2.24) is 0 Å². The van der Waals surface area contributed by atoms with Crippen LogP contribution in [0.2, 0.25) is 0 Å². The molecule has 2 rings (SSSR count). The molecule has 2 heterocycles. The smallest absolute Gasteiger partial charge is 0.428 e. The topological polar surface area (TPSA) is 67.9 Å². The number of rotatable bonds is 4. The van der Waals surface area contributed by atoms with Crippen molar-refractivity contribution in [3.05, 3.63) is 0 Å². The van der Waals surface area contributed by atoms with Gasteiger partial charge in [0.15, 0.2) is 0 Å². The highest BCUT2D eigenvalue weighted by molar-refractivity contribution is 6.07. The van der Waals surface area contributed by atoms with E-state index in [-0.39, 0.29) is 0 Å². The number of ether oxygens (including phenoxy) is 2. The van der Waals surface area contributed by atoms with E-state index >= 15 is 0 Å². The predicted octanol–water partition coefficient (Wildman–Crippen LogP) is 8.15. The van der Waals surface area contributed by atoms with Gasteiger partial charge in [0.25, 0.3) is 0 Å². The summed E-state index contributed by atoms with van der Waals surface area (Å²) in [5.74, 6) is -25.0. The molecule has 0 spiro atoms. The van der Waals surface area contributed by atoms with Crippen LogP contribution in [0.25, 0.3) is 0 Å². The molecular weight excluding hydrogens is 748 g/mol. The number of aliphatic imine (C=N–C) groups is 4. The summed E-state index contributed by atoms with van der Waals surface area (Å²) >= 11 is 0. The Labute approximate surface area is 238 Å². The first-order valence-corrected chi connectivity index (χ1v) is 10.6. The van der Waals surface area contributed by atoms with Crippen molar-refractivity contribution in [3.63, 3.8) is 0 Å². The van der Waals surface area contributed by atoms with Gasteiger partial charge in [0, 0.05) is 0 Å². The lowest BCUT2D eigenvalue weighted by Crippen LogP contribution is -2.59. The van der Waals surface area contributed by atoms with Gasteiger partial charge >= 0.3 is 60.7 Å². The molecule has 0 aromatic carbocycles. The molecule has 0 atom stereocenters. The zero-order valence-electron chi connectivity index (χ0n) is 20.5. The molecule has 0 unspecified atom stereocenters. The average molecular weight is 752 g/mol. The van der Waals surface area contributed by atoms with Crippen molar-refractivity contribution in [3.8, 4) is 0 Å². The Morgan fingerprint density at radius 3 is 0.766 bits per heavy atom. The van der Waals surface area contributed by atoms with Gasteiger partial charge in [-0.05, 0) is 0 Å². The molecule has 0 amide bonds. The third kappa shape index (κ3) is 7.53. The molecule has 0 aliphatic carbocycles. The molecule has 0 fully saturated rings. The van der Waals surface area contributed by atoms with E-state index in [0.29, 0.717) is 0 Å². The summed E-state index contributed by atoms with van der Waals surface area (Å²) < 4.78 is 327. The van der Waals surface area contributed by atoms with E-state index in [1.807, 2.05) is 0 Å². The summed E-state index contributed by atoms with van der Waals surface area (Å²) in [6.45, 7) is 0. The van der Waals surface area contributed by atoms with Crippen molar-refractivity contribution in [2.45, 2.75) is 67.2 Å². The summed E-state index contributed by atoms with van der Waals surface area (Å²) in [5.41, 5.74) is -13.1. The standard InChI is InChI=1S/C17H4F24N4O2/c18-8(19,20)4(9(21,22)23)6-44-12(14(30,31)32,15(33,34)35)42-2(46-6)1-3-43-13(16(36,37)38,17(39,40)41)45-7(47-3)5(10(24,25)26)11(27,28)29/h4-5H,1H2. The molecule has 272 valence electrons. The van der Waals surface area contributed by atoms with Gasteiger partial charge in [0.1, 0.15) is 6.42 Å². The molecule has 0 radical (unpaired) electrons. The maximum Gasteiger partial charge on any atom is 0.443 e. The van der Waals surface area contributed by atoms with E-state index in [1.165, 1.54) is 20.0 Å². The largest absolute Gasteiger partial charge is 0.443 e. The minimum absolute atomic E-state index is 1.20. The molecule has 0 saturated heterocycles. The van der Waals surface area contributed by atoms with E-state index in [0.717, 1.165) is 0 Å². The Bertz CT molecular complexity index is 1160. The molecule has 2 aliphatic rings. The van der Waals surface area contributed by atoms with E-state index < -0.39 is 103 Å². The number of hydrogen-bond donors (Lipinski definition) is 0. The van der Waals surface area contributed by atoms with Crippen molar-refractivity contribution >= 4 is 23.6 Å². The zero-order chi connectivity index (χ0) is 37.4. The predicted molar refractivity (Wildman–Crippen MR) is 97.4 cm³/mol. The number of nitrogens with zero attached hydrogens (tertiary/aromatic N) is 4. The van der Waals surface area contributed by atoms with Crippen LogP contribution in [-0.4, -0.2) is 84.3 Å². The Morgan fingerprint density at radius 2 is 0.596 bits per heavy atom. The highest BCUT2D eigenvalue weighted by atomic mass is 19.4. The molecule has 30 heteroatoms. The monoisotopic (exact) mass is 752 g/mol. The second-order valence-electron chi connectivity index (χ2n) is 8.66. The first-order valence-electron chi connectivity index (χ1n) is 10.6. The van der Waals surface area contributed by atoms with Crippen LogP contribution in [0.1, 0.15) is 6.42 Å². The fraction of sp³-hybridized carbons (Fsp3) is 0.765. The second kappa shape index (κ2) is 11.1. The highest BCUT2D eigenvalue weighted by Gasteiger charge is 2.77. The summed E-state index contributed by atoms with van der Waals surface area (Å²) in [6, 6.07) is 0. The highest BCUT2D eigenvalue weighted by Crippen LogP contribution is 2.53. The van der Waals surface area contributed by atoms with E-state index in [4.69, 9.17) is 0 Å². The number of hydrogen-bond acceptors (Lipinski definition) is 6. The molecule has 0 aromatic rings. The van der Waals surface area contributed by atoms with Gasteiger partial charge < -0.3 is 9.47 Å². The summed E-state index contributed by atoms with van der Waals surface area (Å²) in [6.07, 6.45) is -60.4. The maximum absolute atomic E-state index is 13.6. The molecule has 2 aliphatic heterocycles. The Hall–Kier alpha value is -3.40. The normalized spacial score (nSPS) is 20.3. The number of alkyl halides is 24. The summed E-state index contributed by atoms with van der Waals surface area (Å²) in [4.78, 5) is 5.41.